The summed E-state index contributed by atoms with van der Waals surface area (Å²) in [5.74, 6) is -0.847. The average molecular weight is 333 g/mol. The maximum Gasteiger partial charge on any atom is 0.259 e. The number of H-pyrrole nitrogens is 1. The lowest BCUT2D eigenvalue weighted by Crippen LogP contribution is -2.13. The van der Waals surface area contributed by atoms with Crippen molar-refractivity contribution in [2.75, 3.05) is 5.32 Å². The maximum absolute atomic E-state index is 13.0. The van der Waals surface area contributed by atoms with Gasteiger partial charge < -0.3 is 5.32 Å². The summed E-state index contributed by atoms with van der Waals surface area (Å²) in [4.78, 5) is 11.9. The number of hydrogen-bond acceptors (Lipinski definition) is 2. The number of benzene rings is 1. The van der Waals surface area contributed by atoms with E-state index >= 15 is 0 Å². The third-order valence-electron chi connectivity index (χ3n) is 2.32. The molecule has 0 saturated carbocycles. The molecule has 0 aliphatic carbocycles. The highest BCUT2D eigenvalue weighted by atomic mass is 79.9. The van der Waals surface area contributed by atoms with E-state index in [1.807, 2.05) is 0 Å². The average Bonchev–Trinajstić information content (AvgIpc) is 2.69. The van der Waals surface area contributed by atoms with Gasteiger partial charge >= 0.3 is 0 Å². The van der Waals surface area contributed by atoms with Gasteiger partial charge in [0, 0.05) is 10.2 Å². The van der Waals surface area contributed by atoms with Crippen molar-refractivity contribution in [1.82, 2.24) is 10.2 Å². The Kier molecular flexibility index (Phi) is 3.68. The van der Waals surface area contributed by atoms with Gasteiger partial charge in [0.2, 0.25) is 0 Å². The molecule has 1 heterocycles. The molecule has 0 fully saturated rings. The summed E-state index contributed by atoms with van der Waals surface area (Å²) >= 11 is 9.02. The van der Waals surface area contributed by atoms with Gasteiger partial charge in [0.1, 0.15) is 5.82 Å². The van der Waals surface area contributed by atoms with E-state index in [1.165, 1.54) is 12.3 Å². The van der Waals surface area contributed by atoms with Crippen LogP contribution in [-0.2, 0) is 0 Å². The smallest absolute Gasteiger partial charge is 0.259 e. The Morgan fingerprint density at radius 2 is 2.28 bits per heavy atom. The van der Waals surface area contributed by atoms with Crippen molar-refractivity contribution < 1.29 is 9.18 Å². The van der Waals surface area contributed by atoms with Crippen molar-refractivity contribution in [2.45, 2.75) is 6.92 Å². The van der Waals surface area contributed by atoms with Gasteiger partial charge in [0.05, 0.1) is 22.5 Å². The molecule has 2 N–H and O–H groups in total. The normalized spacial score (nSPS) is 10.4. The van der Waals surface area contributed by atoms with Crippen LogP contribution in [0.15, 0.2) is 22.8 Å². The largest absolute Gasteiger partial charge is 0.320 e. The quantitative estimate of drug-likeness (QED) is 0.884. The Morgan fingerprint density at radius 1 is 1.56 bits per heavy atom. The van der Waals surface area contributed by atoms with Crippen LogP contribution >= 0.6 is 27.5 Å². The Balaban J connectivity index is 2.31. The zero-order valence-corrected chi connectivity index (χ0v) is 11.6. The zero-order chi connectivity index (χ0) is 13.3. The zero-order valence-electron chi connectivity index (χ0n) is 9.22. The van der Waals surface area contributed by atoms with Crippen molar-refractivity contribution in [3.05, 3.63) is 44.9 Å². The molecule has 94 valence electrons. The fourth-order valence-electron chi connectivity index (χ4n) is 1.42. The Morgan fingerprint density at radius 3 is 2.83 bits per heavy atom. The van der Waals surface area contributed by atoms with Gasteiger partial charge in [0.25, 0.3) is 5.91 Å². The van der Waals surface area contributed by atoms with E-state index < -0.39 is 5.82 Å². The third kappa shape index (κ3) is 2.54. The highest BCUT2D eigenvalue weighted by Crippen LogP contribution is 2.32. The molecule has 0 aliphatic rings. The Hall–Kier alpha value is -1.40. The second kappa shape index (κ2) is 5.07. The number of amides is 1. The number of rotatable bonds is 2. The predicted octanol–water partition coefficient (Wildman–Crippen LogP) is 3.53. The number of nitrogens with zero attached hydrogens (tertiary/aromatic N) is 1. The van der Waals surface area contributed by atoms with E-state index in [-0.39, 0.29) is 10.9 Å². The van der Waals surface area contributed by atoms with Crippen LogP contribution in [-0.4, -0.2) is 16.1 Å². The molecule has 2 aromatic rings. The molecule has 0 saturated heterocycles. The number of halogens is 3. The predicted molar refractivity (Wildman–Crippen MR) is 70.4 cm³/mol. The number of anilines is 1. The molecule has 0 atom stereocenters. The van der Waals surface area contributed by atoms with Crippen LogP contribution in [0.1, 0.15) is 16.1 Å². The minimum atomic E-state index is -0.482. The van der Waals surface area contributed by atoms with Crippen LogP contribution in [0.4, 0.5) is 10.1 Å². The molecule has 1 aromatic heterocycles. The van der Waals surface area contributed by atoms with Crippen molar-refractivity contribution in [2.24, 2.45) is 0 Å². The Bertz CT molecular complexity index is 591. The van der Waals surface area contributed by atoms with E-state index in [1.54, 1.807) is 6.92 Å². The summed E-state index contributed by atoms with van der Waals surface area (Å²) in [6.07, 6.45) is 1.41. The second-order valence-corrected chi connectivity index (χ2v) is 4.87. The van der Waals surface area contributed by atoms with Gasteiger partial charge in [-0.25, -0.2) is 4.39 Å². The van der Waals surface area contributed by atoms with Crippen LogP contribution in [0.25, 0.3) is 0 Å². The van der Waals surface area contributed by atoms with E-state index in [0.29, 0.717) is 21.4 Å². The monoisotopic (exact) mass is 331 g/mol. The lowest BCUT2D eigenvalue weighted by Gasteiger charge is -2.09. The molecule has 0 bridgehead atoms. The molecular formula is C11H8BrClFN3O. The van der Waals surface area contributed by atoms with Crippen molar-refractivity contribution in [1.29, 1.82) is 0 Å². The fourth-order valence-corrected chi connectivity index (χ4v) is 2.32. The molecular weight excluding hydrogens is 324 g/mol. The third-order valence-corrected chi connectivity index (χ3v) is 3.24. The fraction of sp³-hybridized carbons (Fsp3) is 0.0909. The Labute approximate surface area is 116 Å². The SMILES string of the molecule is Cc1[nH]ncc1C(=O)Nc1c(Cl)cc(F)cc1Br. The number of carbonyl (C=O) groups is 1. The first-order valence-electron chi connectivity index (χ1n) is 4.95. The van der Waals surface area contributed by atoms with E-state index in [2.05, 4.69) is 31.4 Å². The molecule has 18 heavy (non-hydrogen) atoms. The molecule has 7 heteroatoms. The van der Waals surface area contributed by atoms with Gasteiger partial charge in [-0.2, -0.15) is 5.10 Å². The van der Waals surface area contributed by atoms with Crippen molar-refractivity contribution in [3.8, 4) is 0 Å². The minimum Gasteiger partial charge on any atom is -0.320 e. The van der Waals surface area contributed by atoms with Crippen LogP contribution in [0, 0.1) is 12.7 Å². The topological polar surface area (TPSA) is 57.8 Å². The number of aromatic nitrogens is 2. The van der Waals surface area contributed by atoms with E-state index in [0.717, 1.165) is 6.07 Å². The van der Waals surface area contributed by atoms with Gasteiger partial charge in [0.15, 0.2) is 0 Å². The summed E-state index contributed by atoms with van der Waals surface area (Å²) in [5.41, 5.74) is 1.37. The first-order valence-corrected chi connectivity index (χ1v) is 6.12. The summed E-state index contributed by atoms with van der Waals surface area (Å²) in [7, 11) is 0. The van der Waals surface area contributed by atoms with Crippen molar-refractivity contribution in [3.63, 3.8) is 0 Å². The van der Waals surface area contributed by atoms with Gasteiger partial charge in [-0.05, 0) is 35.0 Å². The summed E-state index contributed by atoms with van der Waals surface area (Å²) in [5, 5.41) is 9.14. The number of hydrogen-bond donors (Lipinski definition) is 2. The van der Waals surface area contributed by atoms with Gasteiger partial charge in [-0.15, -0.1) is 0 Å². The van der Waals surface area contributed by atoms with Crippen molar-refractivity contribution >= 4 is 39.1 Å². The molecule has 0 spiro atoms. The number of carbonyl (C=O) groups excluding carboxylic acids is 1. The molecule has 4 nitrogen and oxygen atoms in total. The summed E-state index contributed by atoms with van der Waals surface area (Å²) in [6.45, 7) is 1.73. The molecule has 1 aromatic carbocycles. The van der Waals surface area contributed by atoms with E-state index in [4.69, 9.17) is 11.6 Å². The molecule has 0 radical (unpaired) electrons. The molecule has 0 aliphatic heterocycles. The van der Waals surface area contributed by atoms with Crippen LogP contribution in [0.2, 0.25) is 5.02 Å². The molecule has 0 unspecified atom stereocenters. The standard InChI is InChI=1S/C11H8BrClFN3O/c1-5-7(4-15-17-5)11(18)16-10-8(12)2-6(14)3-9(10)13/h2-4H,1H3,(H,15,17)(H,16,18). The number of aromatic amines is 1. The first kappa shape index (κ1) is 13.0. The summed E-state index contributed by atoms with van der Waals surface area (Å²) in [6, 6.07) is 2.36. The lowest BCUT2D eigenvalue weighted by molar-refractivity contribution is 0.102. The minimum absolute atomic E-state index is 0.122. The van der Waals surface area contributed by atoms with Crippen LogP contribution in [0.3, 0.4) is 0 Å². The lowest BCUT2D eigenvalue weighted by atomic mass is 10.2. The maximum atomic E-state index is 13.0. The number of aryl methyl sites for hydroxylation is 1. The molecule has 1 amide bonds. The highest BCUT2D eigenvalue weighted by molar-refractivity contribution is 9.10. The highest BCUT2D eigenvalue weighted by Gasteiger charge is 2.15. The van der Waals surface area contributed by atoms with Crippen LogP contribution < -0.4 is 5.32 Å². The summed E-state index contributed by atoms with van der Waals surface area (Å²) < 4.78 is 13.4. The van der Waals surface area contributed by atoms with Gasteiger partial charge in [-0.1, -0.05) is 11.6 Å². The van der Waals surface area contributed by atoms with Gasteiger partial charge in [-0.3, -0.25) is 9.89 Å². The van der Waals surface area contributed by atoms with Crippen LogP contribution in [0.5, 0.6) is 0 Å². The number of nitrogens with one attached hydrogen (secondary N) is 2. The van der Waals surface area contributed by atoms with E-state index in [9.17, 15) is 9.18 Å². The molecule has 2 rings (SSSR count). The first-order chi connectivity index (χ1) is 8.49. The second-order valence-electron chi connectivity index (χ2n) is 3.61.